The molecule has 0 aliphatic carbocycles. The summed E-state index contributed by atoms with van der Waals surface area (Å²) in [6.07, 6.45) is 5.56. The first kappa shape index (κ1) is 13.4. The zero-order chi connectivity index (χ0) is 10.6. The molecular weight excluding hydrogens is 176 g/mol. The van der Waals surface area contributed by atoms with E-state index >= 15 is 0 Å². The Morgan fingerprint density at radius 1 is 1.14 bits per heavy atom. The molecule has 0 heterocycles. The van der Waals surface area contributed by atoms with E-state index in [1.807, 2.05) is 0 Å². The molecule has 0 radical (unpaired) electrons. The Hall–Kier alpha value is -0.570. The van der Waals surface area contributed by atoms with Crippen LogP contribution in [0.1, 0.15) is 39.5 Å². The minimum Gasteiger partial charge on any atom is -0.359 e. The lowest BCUT2D eigenvalue weighted by atomic mass is 10.2. The van der Waals surface area contributed by atoms with E-state index < -0.39 is 0 Å². The van der Waals surface area contributed by atoms with Crippen LogP contribution in [0, 0.1) is 0 Å². The van der Waals surface area contributed by atoms with Crippen molar-refractivity contribution in [3.8, 4) is 0 Å². The van der Waals surface area contributed by atoms with Crippen molar-refractivity contribution in [3.05, 3.63) is 0 Å². The number of rotatable bonds is 10. The highest BCUT2D eigenvalue weighted by Crippen LogP contribution is 1.98. The Labute approximate surface area is 87.9 Å². The molecule has 0 bridgehead atoms. The zero-order valence-corrected chi connectivity index (χ0v) is 9.59. The second-order valence-electron chi connectivity index (χ2n) is 3.57. The van der Waals surface area contributed by atoms with Gasteiger partial charge in [0.1, 0.15) is 0 Å². The maximum Gasteiger partial charge on any atom is 0.207 e. The number of amides is 1. The maximum absolute atomic E-state index is 9.96. The normalized spacial score (nSPS) is 10.5. The van der Waals surface area contributed by atoms with Gasteiger partial charge < -0.3 is 10.2 Å². The molecule has 0 aromatic heterocycles. The highest BCUT2D eigenvalue weighted by atomic mass is 16.1. The van der Waals surface area contributed by atoms with Crippen molar-refractivity contribution in [3.63, 3.8) is 0 Å². The summed E-state index contributed by atoms with van der Waals surface area (Å²) in [5, 5.41) is 2.68. The lowest BCUT2D eigenvalue weighted by molar-refractivity contribution is -0.109. The lowest BCUT2D eigenvalue weighted by Crippen LogP contribution is -2.25. The Bertz CT molecular complexity index is 128. The van der Waals surface area contributed by atoms with E-state index in [4.69, 9.17) is 0 Å². The number of unbranched alkanes of at least 4 members (excludes halogenated alkanes) is 2. The fourth-order valence-electron chi connectivity index (χ4n) is 1.54. The van der Waals surface area contributed by atoms with Gasteiger partial charge in [-0.25, -0.2) is 0 Å². The Kier molecular flexibility index (Phi) is 10.1. The number of hydrogen-bond acceptors (Lipinski definition) is 2. The molecule has 1 amide bonds. The summed E-state index contributed by atoms with van der Waals surface area (Å²) in [5.74, 6) is 0. The van der Waals surface area contributed by atoms with Gasteiger partial charge in [0.25, 0.3) is 0 Å². The first-order chi connectivity index (χ1) is 6.85. The molecule has 0 rings (SSSR count). The number of carbonyl (C=O) groups is 1. The van der Waals surface area contributed by atoms with Crippen molar-refractivity contribution < 1.29 is 4.79 Å². The standard InChI is InChI=1S/C11H24N2O/c1-3-9-13(4-2)10-7-5-6-8-12-11-14/h11H,3-10H2,1-2H3,(H,12,14). The van der Waals surface area contributed by atoms with Crippen LogP contribution in [0.4, 0.5) is 0 Å². The van der Waals surface area contributed by atoms with Gasteiger partial charge in [-0.05, 0) is 38.9 Å². The molecule has 0 spiro atoms. The van der Waals surface area contributed by atoms with Crippen LogP contribution in [0.15, 0.2) is 0 Å². The predicted molar refractivity (Wildman–Crippen MR) is 60.3 cm³/mol. The summed E-state index contributed by atoms with van der Waals surface area (Å²) in [6, 6.07) is 0. The third kappa shape index (κ3) is 8.05. The van der Waals surface area contributed by atoms with Crippen molar-refractivity contribution in [1.82, 2.24) is 10.2 Å². The van der Waals surface area contributed by atoms with Gasteiger partial charge in [-0.2, -0.15) is 0 Å². The first-order valence-corrected chi connectivity index (χ1v) is 5.74. The molecule has 0 aliphatic heterocycles. The number of nitrogens with zero attached hydrogens (tertiary/aromatic N) is 1. The van der Waals surface area contributed by atoms with Crippen LogP contribution in [0.2, 0.25) is 0 Å². The Morgan fingerprint density at radius 3 is 2.50 bits per heavy atom. The molecule has 14 heavy (non-hydrogen) atoms. The minimum absolute atomic E-state index is 0.773. The minimum atomic E-state index is 0.773. The number of carbonyl (C=O) groups excluding carboxylic acids is 1. The van der Waals surface area contributed by atoms with Gasteiger partial charge in [-0.3, -0.25) is 4.79 Å². The molecule has 0 atom stereocenters. The van der Waals surface area contributed by atoms with E-state index in [9.17, 15) is 4.79 Å². The molecule has 0 saturated carbocycles. The van der Waals surface area contributed by atoms with Crippen LogP contribution in [0.5, 0.6) is 0 Å². The van der Waals surface area contributed by atoms with Crippen molar-refractivity contribution in [2.24, 2.45) is 0 Å². The molecule has 0 aromatic rings. The molecule has 84 valence electrons. The van der Waals surface area contributed by atoms with E-state index in [1.165, 1.54) is 32.4 Å². The lowest BCUT2D eigenvalue weighted by Gasteiger charge is -2.18. The van der Waals surface area contributed by atoms with Gasteiger partial charge in [-0.15, -0.1) is 0 Å². The van der Waals surface area contributed by atoms with Gasteiger partial charge in [0, 0.05) is 6.54 Å². The van der Waals surface area contributed by atoms with E-state index in [1.54, 1.807) is 0 Å². The zero-order valence-electron chi connectivity index (χ0n) is 9.59. The van der Waals surface area contributed by atoms with E-state index in [-0.39, 0.29) is 0 Å². The van der Waals surface area contributed by atoms with Crippen LogP contribution >= 0.6 is 0 Å². The topological polar surface area (TPSA) is 32.3 Å². The number of hydrogen-bond donors (Lipinski definition) is 1. The fourth-order valence-corrected chi connectivity index (χ4v) is 1.54. The van der Waals surface area contributed by atoms with Crippen molar-refractivity contribution in [2.45, 2.75) is 39.5 Å². The van der Waals surface area contributed by atoms with E-state index in [2.05, 4.69) is 24.1 Å². The highest BCUT2D eigenvalue weighted by molar-refractivity contribution is 5.45. The third-order valence-corrected chi connectivity index (χ3v) is 2.37. The molecule has 0 fully saturated rings. The van der Waals surface area contributed by atoms with Gasteiger partial charge in [0.15, 0.2) is 0 Å². The summed E-state index contributed by atoms with van der Waals surface area (Å²) in [6.45, 7) is 8.82. The molecule has 0 aromatic carbocycles. The summed E-state index contributed by atoms with van der Waals surface area (Å²) < 4.78 is 0. The van der Waals surface area contributed by atoms with Crippen LogP contribution < -0.4 is 5.32 Å². The largest absolute Gasteiger partial charge is 0.359 e. The van der Waals surface area contributed by atoms with Crippen LogP contribution in [-0.2, 0) is 4.79 Å². The van der Waals surface area contributed by atoms with Gasteiger partial charge in [-0.1, -0.05) is 20.3 Å². The fraction of sp³-hybridized carbons (Fsp3) is 0.909. The smallest absolute Gasteiger partial charge is 0.207 e. The van der Waals surface area contributed by atoms with Crippen molar-refractivity contribution in [2.75, 3.05) is 26.2 Å². The monoisotopic (exact) mass is 200 g/mol. The molecule has 3 heteroatoms. The van der Waals surface area contributed by atoms with E-state index in [0.29, 0.717) is 0 Å². The van der Waals surface area contributed by atoms with Crippen LogP contribution in [-0.4, -0.2) is 37.5 Å². The van der Waals surface area contributed by atoms with Crippen molar-refractivity contribution in [1.29, 1.82) is 0 Å². The number of nitrogens with one attached hydrogen (secondary N) is 1. The summed E-state index contributed by atoms with van der Waals surface area (Å²) in [7, 11) is 0. The average Bonchev–Trinajstić information content (AvgIpc) is 2.21. The average molecular weight is 200 g/mol. The van der Waals surface area contributed by atoms with Gasteiger partial charge in [0.2, 0.25) is 6.41 Å². The summed E-state index contributed by atoms with van der Waals surface area (Å²) in [4.78, 5) is 12.4. The first-order valence-electron chi connectivity index (χ1n) is 5.74. The van der Waals surface area contributed by atoms with Gasteiger partial charge in [0.05, 0.1) is 0 Å². The van der Waals surface area contributed by atoms with Gasteiger partial charge >= 0.3 is 0 Å². The molecule has 0 aliphatic rings. The third-order valence-electron chi connectivity index (χ3n) is 2.37. The van der Waals surface area contributed by atoms with Crippen molar-refractivity contribution >= 4 is 6.41 Å². The second-order valence-corrected chi connectivity index (χ2v) is 3.57. The molecule has 1 N–H and O–H groups in total. The van der Waals surface area contributed by atoms with Crippen LogP contribution in [0.3, 0.4) is 0 Å². The molecule has 3 nitrogen and oxygen atoms in total. The molecule has 0 unspecified atom stereocenters. The molecular formula is C11H24N2O. The Morgan fingerprint density at radius 2 is 1.93 bits per heavy atom. The summed E-state index contributed by atoms with van der Waals surface area (Å²) in [5.41, 5.74) is 0. The predicted octanol–water partition coefficient (Wildman–Crippen LogP) is 1.63. The second kappa shape index (κ2) is 10.5. The Balaban J connectivity index is 3.19. The highest BCUT2D eigenvalue weighted by Gasteiger charge is 1.99. The quantitative estimate of drug-likeness (QED) is 0.429. The van der Waals surface area contributed by atoms with Crippen LogP contribution in [0.25, 0.3) is 0 Å². The summed E-state index contributed by atoms with van der Waals surface area (Å²) >= 11 is 0. The molecule has 0 saturated heterocycles. The maximum atomic E-state index is 9.96. The SMILES string of the molecule is CCCN(CC)CCCCCNC=O. The van der Waals surface area contributed by atoms with E-state index in [0.717, 1.165) is 25.9 Å².